The van der Waals surface area contributed by atoms with Crippen molar-refractivity contribution in [3.63, 3.8) is 0 Å². The molecule has 0 unspecified atom stereocenters. The van der Waals surface area contributed by atoms with E-state index in [4.69, 9.17) is 11.6 Å². The molecule has 17 heavy (non-hydrogen) atoms. The molecule has 1 aromatic carbocycles. The van der Waals surface area contributed by atoms with Crippen molar-refractivity contribution in [2.45, 2.75) is 19.3 Å². The summed E-state index contributed by atoms with van der Waals surface area (Å²) >= 11 is 5.75. The van der Waals surface area contributed by atoms with Gasteiger partial charge in [0, 0.05) is 12.1 Å². The summed E-state index contributed by atoms with van der Waals surface area (Å²) in [5, 5.41) is 0. The van der Waals surface area contributed by atoms with Crippen LogP contribution in [0.1, 0.15) is 12.5 Å². The molecule has 0 N–H and O–H groups in total. The number of pyridine rings is 1. The van der Waals surface area contributed by atoms with E-state index >= 15 is 0 Å². The van der Waals surface area contributed by atoms with E-state index < -0.39 is 0 Å². The molecule has 1 aromatic heterocycles. The van der Waals surface area contributed by atoms with E-state index in [1.165, 1.54) is 0 Å². The predicted molar refractivity (Wildman–Crippen MR) is 71.4 cm³/mol. The fourth-order valence-electron chi connectivity index (χ4n) is 1.90. The van der Waals surface area contributed by atoms with Crippen LogP contribution in [0.25, 0.3) is 11.3 Å². The lowest BCUT2D eigenvalue weighted by atomic mass is 10.1. The van der Waals surface area contributed by atoms with Crippen molar-refractivity contribution in [1.29, 1.82) is 0 Å². The zero-order chi connectivity index (χ0) is 12.3. The topological polar surface area (TPSA) is 22.0 Å². The highest BCUT2D eigenvalue weighted by atomic mass is 35.5. The second-order valence-electron chi connectivity index (χ2n) is 3.79. The van der Waals surface area contributed by atoms with Gasteiger partial charge in [0.05, 0.1) is 11.6 Å². The van der Waals surface area contributed by atoms with E-state index in [2.05, 4.69) is 0 Å². The maximum atomic E-state index is 12.1. The summed E-state index contributed by atoms with van der Waals surface area (Å²) in [6.07, 6.45) is 0. The Hall–Kier alpha value is -1.54. The lowest BCUT2D eigenvalue weighted by molar-refractivity contribution is 0.728. The molecule has 0 atom stereocenters. The van der Waals surface area contributed by atoms with Crippen LogP contribution in [0.3, 0.4) is 0 Å². The van der Waals surface area contributed by atoms with Gasteiger partial charge in [-0.1, -0.05) is 36.4 Å². The van der Waals surface area contributed by atoms with E-state index in [1.807, 2.05) is 49.4 Å². The highest BCUT2D eigenvalue weighted by Crippen LogP contribution is 2.18. The van der Waals surface area contributed by atoms with Crippen molar-refractivity contribution < 1.29 is 0 Å². The molecule has 0 saturated carbocycles. The standard InChI is InChI=1S/C14H14ClNO/c1-2-16-13(11-6-4-3-5-7-11)9-8-12(10-15)14(16)17/h3-9H,2,10H2,1H3. The number of rotatable bonds is 3. The van der Waals surface area contributed by atoms with Crippen molar-refractivity contribution in [2.75, 3.05) is 0 Å². The lowest BCUT2D eigenvalue weighted by Gasteiger charge is -2.12. The molecule has 0 aliphatic heterocycles. The lowest BCUT2D eigenvalue weighted by Crippen LogP contribution is -2.23. The molecule has 3 heteroatoms. The van der Waals surface area contributed by atoms with Crippen LogP contribution in [0.4, 0.5) is 0 Å². The van der Waals surface area contributed by atoms with E-state index in [1.54, 1.807) is 4.57 Å². The third kappa shape index (κ3) is 2.27. The first-order valence-electron chi connectivity index (χ1n) is 5.62. The molecule has 2 rings (SSSR count). The fourth-order valence-corrected chi connectivity index (χ4v) is 2.10. The average Bonchev–Trinajstić information content (AvgIpc) is 2.39. The number of hydrogen-bond donors (Lipinski definition) is 0. The number of hydrogen-bond acceptors (Lipinski definition) is 1. The van der Waals surface area contributed by atoms with Crippen LogP contribution in [-0.2, 0) is 12.4 Å². The van der Waals surface area contributed by atoms with Gasteiger partial charge in [0.1, 0.15) is 0 Å². The highest BCUT2D eigenvalue weighted by Gasteiger charge is 2.07. The largest absolute Gasteiger partial charge is 0.308 e. The summed E-state index contributed by atoms with van der Waals surface area (Å²) < 4.78 is 1.76. The summed E-state index contributed by atoms with van der Waals surface area (Å²) in [6.45, 7) is 2.61. The molecule has 0 aliphatic carbocycles. The zero-order valence-corrected chi connectivity index (χ0v) is 10.4. The Bertz CT molecular complexity index is 560. The first-order valence-corrected chi connectivity index (χ1v) is 6.15. The van der Waals surface area contributed by atoms with Crippen LogP contribution >= 0.6 is 11.6 Å². The van der Waals surface area contributed by atoms with Gasteiger partial charge >= 0.3 is 0 Å². The Labute approximate surface area is 105 Å². The first kappa shape index (κ1) is 11.9. The number of alkyl halides is 1. The molecule has 0 radical (unpaired) electrons. The highest BCUT2D eigenvalue weighted by molar-refractivity contribution is 6.17. The summed E-state index contributed by atoms with van der Waals surface area (Å²) in [7, 11) is 0. The molecule has 0 spiro atoms. The summed E-state index contributed by atoms with van der Waals surface area (Å²) in [5.74, 6) is 0.258. The second-order valence-corrected chi connectivity index (χ2v) is 4.06. The van der Waals surface area contributed by atoms with Gasteiger partial charge in [-0.3, -0.25) is 4.79 Å². The van der Waals surface area contributed by atoms with Crippen molar-refractivity contribution in [3.8, 4) is 11.3 Å². The molecule has 0 aliphatic rings. The quantitative estimate of drug-likeness (QED) is 0.763. The van der Waals surface area contributed by atoms with Crippen molar-refractivity contribution in [1.82, 2.24) is 4.57 Å². The molecule has 88 valence electrons. The molecular formula is C14H14ClNO. The Balaban J connectivity index is 2.64. The van der Waals surface area contributed by atoms with E-state index in [0.717, 1.165) is 11.3 Å². The SMILES string of the molecule is CCn1c(-c2ccccc2)ccc(CCl)c1=O. The second kappa shape index (κ2) is 5.19. The van der Waals surface area contributed by atoms with Crippen LogP contribution in [0.2, 0.25) is 0 Å². The smallest absolute Gasteiger partial charge is 0.255 e. The maximum absolute atomic E-state index is 12.1. The number of benzene rings is 1. The summed E-state index contributed by atoms with van der Waals surface area (Å²) in [5.41, 5.74) is 2.64. The van der Waals surface area contributed by atoms with Crippen LogP contribution < -0.4 is 5.56 Å². The van der Waals surface area contributed by atoms with E-state index in [0.29, 0.717) is 12.1 Å². The molecular weight excluding hydrogens is 234 g/mol. The van der Waals surface area contributed by atoms with Gasteiger partial charge in [0.25, 0.3) is 5.56 Å². The monoisotopic (exact) mass is 247 g/mol. The Kier molecular flexibility index (Phi) is 3.64. The van der Waals surface area contributed by atoms with Gasteiger partial charge in [-0.15, -0.1) is 11.6 Å². The van der Waals surface area contributed by atoms with Crippen LogP contribution in [0.5, 0.6) is 0 Å². The number of aromatic nitrogens is 1. The van der Waals surface area contributed by atoms with E-state index in [-0.39, 0.29) is 11.4 Å². The zero-order valence-electron chi connectivity index (χ0n) is 9.69. The normalized spacial score (nSPS) is 10.5. The third-order valence-electron chi connectivity index (χ3n) is 2.78. The minimum atomic E-state index is 0.00357. The predicted octanol–water partition coefficient (Wildman–Crippen LogP) is 3.27. The van der Waals surface area contributed by atoms with Crippen LogP contribution in [0, 0.1) is 0 Å². The summed E-state index contributed by atoms with van der Waals surface area (Å²) in [6, 6.07) is 13.7. The van der Waals surface area contributed by atoms with Crippen molar-refractivity contribution >= 4 is 11.6 Å². The molecule has 2 nitrogen and oxygen atoms in total. The van der Waals surface area contributed by atoms with Gasteiger partial charge in [0.15, 0.2) is 0 Å². The third-order valence-corrected chi connectivity index (χ3v) is 3.07. The molecule has 0 saturated heterocycles. The van der Waals surface area contributed by atoms with Crippen molar-refractivity contribution in [3.05, 3.63) is 58.4 Å². The van der Waals surface area contributed by atoms with Gasteiger partial charge in [-0.2, -0.15) is 0 Å². The Morgan fingerprint density at radius 1 is 1.12 bits per heavy atom. The molecule has 1 heterocycles. The van der Waals surface area contributed by atoms with Gasteiger partial charge in [-0.05, 0) is 18.6 Å². The Morgan fingerprint density at radius 3 is 2.41 bits per heavy atom. The molecule has 2 aromatic rings. The molecule has 0 bridgehead atoms. The molecule has 0 fully saturated rings. The maximum Gasteiger partial charge on any atom is 0.255 e. The van der Waals surface area contributed by atoms with Crippen LogP contribution in [0.15, 0.2) is 47.3 Å². The average molecular weight is 248 g/mol. The minimum absolute atomic E-state index is 0.00357. The Morgan fingerprint density at radius 2 is 1.82 bits per heavy atom. The first-order chi connectivity index (χ1) is 8.27. The number of halogens is 1. The van der Waals surface area contributed by atoms with Crippen LogP contribution in [-0.4, -0.2) is 4.57 Å². The minimum Gasteiger partial charge on any atom is -0.308 e. The van der Waals surface area contributed by atoms with Gasteiger partial charge in [0.2, 0.25) is 0 Å². The van der Waals surface area contributed by atoms with Gasteiger partial charge < -0.3 is 4.57 Å². The fraction of sp³-hybridized carbons (Fsp3) is 0.214. The number of nitrogens with zero attached hydrogens (tertiary/aromatic N) is 1. The van der Waals surface area contributed by atoms with Crippen molar-refractivity contribution in [2.24, 2.45) is 0 Å². The van der Waals surface area contributed by atoms with E-state index in [9.17, 15) is 4.79 Å². The molecule has 0 amide bonds. The van der Waals surface area contributed by atoms with Gasteiger partial charge in [-0.25, -0.2) is 0 Å². The summed E-state index contributed by atoms with van der Waals surface area (Å²) in [4.78, 5) is 12.1.